The molecule has 1 fully saturated rings. The van der Waals surface area contributed by atoms with Crippen LogP contribution in [0.4, 0.5) is 5.95 Å². The molecule has 6 nitrogen and oxygen atoms in total. The van der Waals surface area contributed by atoms with E-state index in [1.165, 1.54) is 16.0 Å². The number of anilines is 1. The van der Waals surface area contributed by atoms with Gasteiger partial charge in [0.15, 0.2) is 0 Å². The summed E-state index contributed by atoms with van der Waals surface area (Å²) in [6.45, 7) is 4.33. The Kier molecular flexibility index (Phi) is 5.08. The van der Waals surface area contributed by atoms with E-state index in [0.717, 1.165) is 26.1 Å². The zero-order valence-corrected chi connectivity index (χ0v) is 15.7. The largest absolute Gasteiger partial charge is 0.378 e. The molecular weight excluding hydrogens is 348 g/mol. The molecule has 2 aliphatic heterocycles. The first kappa shape index (κ1) is 17.3. The maximum atomic E-state index is 12.8. The van der Waals surface area contributed by atoms with Crippen LogP contribution in [0.25, 0.3) is 0 Å². The molecule has 0 bridgehead atoms. The molecule has 1 aromatic heterocycles. The van der Waals surface area contributed by atoms with Crippen LogP contribution in [-0.4, -0.2) is 59.9 Å². The molecule has 136 valence electrons. The maximum absolute atomic E-state index is 12.8. The number of thioether (sulfide) groups is 1. The third kappa shape index (κ3) is 3.54. The zero-order chi connectivity index (χ0) is 17.9. The lowest BCUT2D eigenvalue weighted by Gasteiger charge is -2.29. The number of hydrogen-bond donors (Lipinski definition) is 0. The molecule has 0 unspecified atom stereocenters. The topological polar surface area (TPSA) is 58.6 Å². The third-order valence-electron chi connectivity index (χ3n) is 4.89. The summed E-state index contributed by atoms with van der Waals surface area (Å²) in [6, 6.07) is 6.50. The Morgan fingerprint density at radius 1 is 1.12 bits per heavy atom. The number of carbonyl (C=O) groups excluding carboxylic acids is 1. The van der Waals surface area contributed by atoms with Gasteiger partial charge in [-0.15, -0.1) is 11.8 Å². The Labute approximate surface area is 157 Å². The molecule has 1 saturated heterocycles. The van der Waals surface area contributed by atoms with Crippen LogP contribution in [0.15, 0.2) is 35.5 Å². The predicted molar refractivity (Wildman–Crippen MR) is 102 cm³/mol. The van der Waals surface area contributed by atoms with Crippen LogP contribution in [0.2, 0.25) is 0 Å². The molecule has 4 rings (SSSR count). The van der Waals surface area contributed by atoms with Crippen molar-refractivity contribution in [2.24, 2.45) is 0 Å². The molecule has 0 N–H and O–H groups in total. The minimum atomic E-state index is -0.00174. The van der Waals surface area contributed by atoms with E-state index in [9.17, 15) is 4.79 Å². The second-order valence-electron chi connectivity index (χ2n) is 6.48. The summed E-state index contributed by atoms with van der Waals surface area (Å²) in [6.07, 6.45) is 6.27. The van der Waals surface area contributed by atoms with E-state index >= 15 is 0 Å². The molecule has 0 aliphatic carbocycles. The molecule has 0 atom stereocenters. The number of carbonyl (C=O) groups is 1. The van der Waals surface area contributed by atoms with E-state index in [2.05, 4.69) is 39.3 Å². The summed E-state index contributed by atoms with van der Waals surface area (Å²) >= 11 is 1.75. The smallest absolute Gasteiger partial charge is 0.257 e. The quantitative estimate of drug-likeness (QED) is 0.773. The van der Waals surface area contributed by atoms with Crippen molar-refractivity contribution in [1.82, 2.24) is 14.9 Å². The van der Waals surface area contributed by atoms with Gasteiger partial charge in [-0.3, -0.25) is 4.79 Å². The van der Waals surface area contributed by atoms with E-state index in [4.69, 9.17) is 4.74 Å². The lowest BCUT2D eigenvalue weighted by Crippen LogP contribution is -2.38. The Morgan fingerprint density at radius 2 is 1.88 bits per heavy atom. The number of morpholine rings is 1. The predicted octanol–water partition coefficient (Wildman–Crippen LogP) is 2.23. The Hall–Kier alpha value is -2.12. The summed E-state index contributed by atoms with van der Waals surface area (Å²) in [5, 5.41) is 0. The van der Waals surface area contributed by atoms with Gasteiger partial charge < -0.3 is 14.5 Å². The van der Waals surface area contributed by atoms with Crippen LogP contribution in [-0.2, 0) is 17.7 Å². The molecule has 1 aromatic carbocycles. The number of nitrogens with zero attached hydrogens (tertiary/aromatic N) is 4. The van der Waals surface area contributed by atoms with E-state index in [0.29, 0.717) is 31.3 Å². The fourth-order valence-electron chi connectivity index (χ4n) is 3.37. The van der Waals surface area contributed by atoms with Crippen molar-refractivity contribution in [1.29, 1.82) is 0 Å². The fourth-order valence-corrected chi connectivity index (χ4v) is 3.83. The van der Waals surface area contributed by atoms with E-state index in [-0.39, 0.29) is 5.91 Å². The number of fused-ring (bicyclic) bond motifs is 1. The number of rotatable bonds is 3. The Morgan fingerprint density at radius 3 is 2.62 bits per heavy atom. The zero-order valence-electron chi connectivity index (χ0n) is 14.9. The highest BCUT2D eigenvalue weighted by Crippen LogP contribution is 2.25. The van der Waals surface area contributed by atoms with Gasteiger partial charge in [-0.05, 0) is 35.9 Å². The first-order valence-electron chi connectivity index (χ1n) is 8.84. The van der Waals surface area contributed by atoms with E-state index in [1.54, 1.807) is 24.2 Å². The van der Waals surface area contributed by atoms with Gasteiger partial charge in [0, 0.05) is 43.5 Å². The SMILES string of the molecule is CSc1ccc2c(c1)CCN(C(=O)c1cnc(N3CCOCC3)nc1)C2. The van der Waals surface area contributed by atoms with E-state index in [1.807, 2.05) is 4.90 Å². The number of amides is 1. The van der Waals surface area contributed by atoms with Gasteiger partial charge in [0.05, 0.1) is 18.8 Å². The summed E-state index contributed by atoms with van der Waals surface area (Å²) in [5.41, 5.74) is 3.12. The monoisotopic (exact) mass is 370 g/mol. The highest BCUT2D eigenvalue weighted by Gasteiger charge is 2.23. The summed E-state index contributed by atoms with van der Waals surface area (Å²) in [4.78, 5) is 26.9. The van der Waals surface area contributed by atoms with Gasteiger partial charge in [0.2, 0.25) is 5.95 Å². The fraction of sp³-hybridized carbons (Fsp3) is 0.421. The average Bonchev–Trinajstić information content (AvgIpc) is 2.73. The van der Waals surface area contributed by atoms with Crippen LogP contribution >= 0.6 is 11.8 Å². The van der Waals surface area contributed by atoms with Crippen molar-refractivity contribution in [3.8, 4) is 0 Å². The average molecular weight is 370 g/mol. The normalized spacial score (nSPS) is 17.1. The summed E-state index contributed by atoms with van der Waals surface area (Å²) in [5.74, 6) is 0.663. The lowest BCUT2D eigenvalue weighted by atomic mass is 9.99. The van der Waals surface area contributed by atoms with Crippen LogP contribution < -0.4 is 4.90 Å². The molecule has 0 spiro atoms. The summed E-state index contributed by atoms with van der Waals surface area (Å²) in [7, 11) is 0. The number of hydrogen-bond acceptors (Lipinski definition) is 6. The van der Waals surface area contributed by atoms with Gasteiger partial charge in [0.1, 0.15) is 0 Å². The molecular formula is C19H22N4O2S. The number of ether oxygens (including phenoxy) is 1. The van der Waals surface area contributed by atoms with Crippen molar-refractivity contribution < 1.29 is 9.53 Å². The molecule has 1 amide bonds. The molecule has 26 heavy (non-hydrogen) atoms. The van der Waals surface area contributed by atoms with Crippen LogP contribution in [0.3, 0.4) is 0 Å². The lowest BCUT2D eigenvalue weighted by molar-refractivity contribution is 0.0733. The molecule has 3 heterocycles. The third-order valence-corrected chi connectivity index (χ3v) is 5.62. The van der Waals surface area contributed by atoms with Crippen molar-refractivity contribution >= 4 is 23.6 Å². The molecule has 0 radical (unpaired) electrons. The van der Waals surface area contributed by atoms with Crippen LogP contribution in [0.1, 0.15) is 21.5 Å². The minimum absolute atomic E-state index is 0.00174. The maximum Gasteiger partial charge on any atom is 0.257 e. The van der Waals surface area contributed by atoms with Gasteiger partial charge in [-0.1, -0.05) is 6.07 Å². The van der Waals surface area contributed by atoms with Crippen LogP contribution in [0, 0.1) is 0 Å². The Bertz CT molecular complexity index is 791. The first-order valence-corrected chi connectivity index (χ1v) is 10.1. The second kappa shape index (κ2) is 7.63. The molecule has 2 aliphatic rings. The minimum Gasteiger partial charge on any atom is -0.378 e. The second-order valence-corrected chi connectivity index (χ2v) is 7.36. The van der Waals surface area contributed by atoms with Crippen molar-refractivity contribution in [2.45, 2.75) is 17.9 Å². The molecule has 0 saturated carbocycles. The Balaban J connectivity index is 1.45. The van der Waals surface area contributed by atoms with Gasteiger partial charge in [-0.2, -0.15) is 0 Å². The standard InChI is InChI=1S/C19H22N4O2S/c1-26-17-3-2-15-13-23(5-4-14(15)10-17)18(24)16-11-20-19(21-12-16)22-6-8-25-9-7-22/h2-3,10-12H,4-9,13H2,1H3. The first-order chi connectivity index (χ1) is 12.7. The van der Waals surface area contributed by atoms with Crippen molar-refractivity contribution in [3.05, 3.63) is 47.3 Å². The van der Waals surface area contributed by atoms with Crippen molar-refractivity contribution in [2.75, 3.05) is 44.0 Å². The molecule has 7 heteroatoms. The highest BCUT2D eigenvalue weighted by molar-refractivity contribution is 7.98. The van der Waals surface area contributed by atoms with Crippen LogP contribution in [0.5, 0.6) is 0 Å². The van der Waals surface area contributed by atoms with E-state index < -0.39 is 0 Å². The van der Waals surface area contributed by atoms with Crippen molar-refractivity contribution in [3.63, 3.8) is 0 Å². The van der Waals surface area contributed by atoms with Gasteiger partial charge in [0.25, 0.3) is 5.91 Å². The number of benzene rings is 1. The number of aromatic nitrogens is 2. The highest BCUT2D eigenvalue weighted by atomic mass is 32.2. The molecule has 2 aromatic rings. The van der Waals surface area contributed by atoms with Gasteiger partial charge in [-0.25, -0.2) is 9.97 Å². The van der Waals surface area contributed by atoms with Gasteiger partial charge >= 0.3 is 0 Å². The summed E-state index contributed by atoms with van der Waals surface area (Å²) < 4.78 is 5.35.